The van der Waals surface area contributed by atoms with E-state index in [-0.39, 0.29) is 18.4 Å². The molecule has 1 aromatic heterocycles. The van der Waals surface area contributed by atoms with Gasteiger partial charge >= 0.3 is 0 Å². The first-order chi connectivity index (χ1) is 11.0. The molecule has 0 radical (unpaired) electrons. The summed E-state index contributed by atoms with van der Waals surface area (Å²) in [5, 5.41) is 10.8. The van der Waals surface area contributed by atoms with Gasteiger partial charge in [-0.15, -0.1) is 0 Å². The number of aromatic nitrogens is 4. The average Bonchev–Trinajstić information content (AvgIpc) is 2.90. The van der Waals surface area contributed by atoms with Gasteiger partial charge in [-0.2, -0.15) is 0 Å². The Morgan fingerprint density at radius 3 is 2.48 bits per heavy atom. The summed E-state index contributed by atoms with van der Waals surface area (Å²) < 4.78 is 1.31. The van der Waals surface area contributed by atoms with Crippen molar-refractivity contribution in [3.05, 3.63) is 35.4 Å². The lowest BCUT2D eigenvalue weighted by Crippen LogP contribution is -2.38. The molecule has 0 aliphatic rings. The SMILES string of the molecule is Cc1ccc(CN(CCN(C)C)C(=O)Cn2nnnc2N)cc1. The van der Waals surface area contributed by atoms with E-state index in [1.807, 2.05) is 50.2 Å². The Morgan fingerprint density at radius 1 is 1.22 bits per heavy atom. The van der Waals surface area contributed by atoms with Gasteiger partial charge in [0, 0.05) is 19.6 Å². The van der Waals surface area contributed by atoms with E-state index in [0.717, 1.165) is 12.1 Å². The van der Waals surface area contributed by atoms with Gasteiger partial charge in [-0.05, 0) is 37.0 Å². The molecule has 1 amide bonds. The molecule has 0 aliphatic heterocycles. The van der Waals surface area contributed by atoms with Gasteiger partial charge in [0.05, 0.1) is 0 Å². The van der Waals surface area contributed by atoms with Crippen LogP contribution in [0.25, 0.3) is 0 Å². The van der Waals surface area contributed by atoms with Crippen molar-refractivity contribution in [2.24, 2.45) is 0 Å². The fraction of sp³-hybridized carbons (Fsp3) is 0.467. The molecule has 23 heavy (non-hydrogen) atoms. The molecule has 8 heteroatoms. The average molecular weight is 317 g/mol. The van der Waals surface area contributed by atoms with E-state index < -0.39 is 0 Å². The highest BCUT2D eigenvalue weighted by atomic mass is 16.2. The number of hydrogen-bond donors (Lipinski definition) is 1. The number of rotatable bonds is 7. The molecule has 2 rings (SSSR count). The number of likely N-dealkylation sites (N-methyl/N-ethyl adjacent to an activating group) is 1. The molecule has 0 saturated heterocycles. The zero-order valence-corrected chi connectivity index (χ0v) is 13.8. The van der Waals surface area contributed by atoms with Gasteiger partial charge in [-0.3, -0.25) is 4.79 Å². The summed E-state index contributed by atoms with van der Waals surface area (Å²) in [4.78, 5) is 16.4. The topological polar surface area (TPSA) is 93.2 Å². The molecular weight excluding hydrogens is 294 g/mol. The monoisotopic (exact) mass is 317 g/mol. The van der Waals surface area contributed by atoms with Crippen LogP contribution in [0.1, 0.15) is 11.1 Å². The van der Waals surface area contributed by atoms with Crippen molar-refractivity contribution in [2.75, 3.05) is 32.9 Å². The summed E-state index contributed by atoms with van der Waals surface area (Å²) in [6, 6.07) is 8.17. The number of nitrogen functional groups attached to an aromatic ring is 1. The second kappa shape index (κ2) is 7.68. The molecule has 2 N–H and O–H groups in total. The maximum atomic E-state index is 12.6. The van der Waals surface area contributed by atoms with Gasteiger partial charge in [0.1, 0.15) is 6.54 Å². The molecule has 0 spiro atoms. The number of tetrazole rings is 1. The standard InChI is InChI=1S/C15H23N7O/c1-12-4-6-13(7-5-12)10-21(9-8-20(2)3)14(23)11-22-15(16)17-18-19-22/h4-7H,8-11H2,1-3H3,(H2,16,17,19). The first kappa shape index (κ1) is 16.9. The quantitative estimate of drug-likeness (QED) is 0.781. The summed E-state index contributed by atoms with van der Waals surface area (Å²) >= 11 is 0. The minimum Gasteiger partial charge on any atom is -0.367 e. The number of anilines is 1. The predicted octanol–water partition coefficient (Wildman–Crippen LogP) is 0.154. The molecule has 0 bridgehead atoms. The third-order valence-corrected chi connectivity index (χ3v) is 3.51. The zero-order chi connectivity index (χ0) is 16.8. The number of nitrogens with zero attached hydrogens (tertiary/aromatic N) is 6. The first-order valence-corrected chi connectivity index (χ1v) is 7.45. The highest BCUT2D eigenvalue weighted by Crippen LogP contribution is 2.08. The summed E-state index contributed by atoms with van der Waals surface area (Å²) in [7, 11) is 3.96. The Morgan fingerprint density at radius 2 is 1.91 bits per heavy atom. The molecule has 2 aromatic rings. The van der Waals surface area contributed by atoms with E-state index in [2.05, 4.69) is 15.5 Å². The van der Waals surface area contributed by atoms with Gasteiger partial charge in [-0.25, -0.2) is 4.68 Å². The number of aryl methyl sites for hydroxylation is 1. The number of hydrogen-bond acceptors (Lipinski definition) is 6. The Hall–Kier alpha value is -2.48. The van der Waals surface area contributed by atoms with Crippen LogP contribution < -0.4 is 5.73 Å². The lowest BCUT2D eigenvalue weighted by Gasteiger charge is -2.24. The smallest absolute Gasteiger partial charge is 0.244 e. The van der Waals surface area contributed by atoms with Gasteiger partial charge in [0.25, 0.3) is 0 Å². The van der Waals surface area contributed by atoms with Crippen LogP contribution in [-0.2, 0) is 17.9 Å². The van der Waals surface area contributed by atoms with Crippen LogP contribution in [0, 0.1) is 6.92 Å². The number of amides is 1. The van der Waals surface area contributed by atoms with E-state index in [0.29, 0.717) is 13.1 Å². The van der Waals surface area contributed by atoms with Crippen LogP contribution >= 0.6 is 0 Å². The number of benzene rings is 1. The second-order valence-corrected chi connectivity index (χ2v) is 5.80. The van der Waals surface area contributed by atoms with Crippen molar-refractivity contribution in [1.29, 1.82) is 0 Å². The third-order valence-electron chi connectivity index (χ3n) is 3.51. The van der Waals surface area contributed by atoms with E-state index in [4.69, 9.17) is 5.73 Å². The van der Waals surface area contributed by atoms with Gasteiger partial charge in [-0.1, -0.05) is 34.9 Å². The summed E-state index contributed by atoms with van der Waals surface area (Å²) in [5.74, 6) is 0.0765. The molecule has 0 unspecified atom stereocenters. The molecule has 0 saturated carbocycles. The molecule has 124 valence electrons. The fourth-order valence-corrected chi connectivity index (χ4v) is 2.08. The molecule has 1 aromatic carbocycles. The molecule has 0 fully saturated rings. The largest absolute Gasteiger partial charge is 0.367 e. The van der Waals surface area contributed by atoms with Crippen LogP contribution in [0.3, 0.4) is 0 Å². The van der Waals surface area contributed by atoms with Crippen LogP contribution in [0.2, 0.25) is 0 Å². The highest BCUT2D eigenvalue weighted by Gasteiger charge is 2.17. The zero-order valence-electron chi connectivity index (χ0n) is 13.8. The summed E-state index contributed by atoms with van der Waals surface area (Å²) in [5.41, 5.74) is 7.91. The number of carbonyl (C=O) groups is 1. The van der Waals surface area contributed by atoms with Crippen LogP contribution in [0.15, 0.2) is 24.3 Å². The maximum Gasteiger partial charge on any atom is 0.244 e. The van der Waals surface area contributed by atoms with Crippen LogP contribution in [0.4, 0.5) is 5.95 Å². The first-order valence-electron chi connectivity index (χ1n) is 7.45. The van der Waals surface area contributed by atoms with Gasteiger partial charge in [0.2, 0.25) is 11.9 Å². The predicted molar refractivity (Wildman–Crippen MR) is 87.4 cm³/mol. The van der Waals surface area contributed by atoms with Gasteiger partial charge < -0.3 is 15.5 Å². The number of carbonyl (C=O) groups excluding carboxylic acids is 1. The Kier molecular flexibility index (Phi) is 5.64. The van der Waals surface area contributed by atoms with Crippen molar-refractivity contribution in [2.45, 2.75) is 20.0 Å². The molecule has 8 nitrogen and oxygen atoms in total. The van der Waals surface area contributed by atoms with Crippen molar-refractivity contribution in [3.8, 4) is 0 Å². The molecule has 0 aliphatic carbocycles. The van der Waals surface area contributed by atoms with Crippen molar-refractivity contribution >= 4 is 11.9 Å². The lowest BCUT2D eigenvalue weighted by molar-refractivity contribution is -0.132. The van der Waals surface area contributed by atoms with Crippen LogP contribution in [-0.4, -0.2) is 63.1 Å². The number of nitrogens with two attached hydrogens (primary N) is 1. The van der Waals surface area contributed by atoms with E-state index in [1.165, 1.54) is 10.2 Å². The van der Waals surface area contributed by atoms with Crippen LogP contribution in [0.5, 0.6) is 0 Å². The van der Waals surface area contributed by atoms with Gasteiger partial charge in [0.15, 0.2) is 0 Å². The molecule has 0 atom stereocenters. The summed E-state index contributed by atoms with van der Waals surface area (Å²) in [6.45, 7) is 4.04. The van der Waals surface area contributed by atoms with Crippen molar-refractivity contribution in [1.82, 2.24) is 30.0 Å². The Labute approximate surface area is 135 Å². The summed E-state index contributed by atoms with van der Waals surface area (Å²) in [6.07, 6.45) is 0. The Bertz CT molecular complexity index is 636. The maximum absolute atomic E-state index is 12.6. The van der Waals surface area contributed by atoms with E-state index >= 15 is 0 Å². The molecular formula is C15H23N7O. The fourth-order valence-electron chi connectivity index (χ4n) is 2.08. The minimum absolute atomic E-state index is 0.0398. The lowest BCUT2D eigenvalue weighted by atomic mass is 10.1. The third kappa shape index (κ3) is 5.03. The van der Waals surface area contributed by atoms with Crippen molar-refractivity contribution in [3.63, 3.8) is 0 Å². The second-order valence-electron chi connectivity index (χ2n) is 5.80. The highest BCUT2D eigenvalue weighted by molar-refractivity contribution is 5.76. The Balaban J connectivity index is 2.07. The van der Waals surface area contributed by atoms with E-state index in [1.54, 1.807) is 4.90 Å². The minimum atomic E-state index is -0.0635. The molecule has 1 heterocycles. The van der Waals surface area contributed by atoms with Crippen molar-refractivity contribution < 1.29 is 4.79 Å². The van der Waals surface area contributed by atoms with E-state index in [9.17, 15) is 4.79 Å². The normalized spacial score (nSPS) is 11.0.